The molecule has 0 saturated carbocycles. The lowest BCUT2D eigenvalue weighted by atomic mass is 10.2. The molecule has 2 rings (SSSR count). The molecule has 1 aromatic carbocycles. The van der Waals surface area contributed by atoms with Crippen LogP contribution in [0.15, 0.2) is 23.1 Å². The molecule has 1 aliphatic rings. The van der Waals surface area contributed by atoms with Crippen molar-refractivity contribution in [3.05, 3.63) is 28.8 Å². The van der Waals surface area contributed by atoms with Crippen molar-refractivity contribution in [2.75, 3.05) is 19.7 Å². The highest BCUT2D eigenvalue weighted by Crippen LogP contribution is 2.24. The van der Waals surface area contributed by atoms with E-state index >= 15 is 0 Å². The number of rotatable bonds is 2. The fourth-order valence-electron chi connectivity index (χ4n) is 2.07. The summed E-state index contributed by atoms with van der Waals surface area (Å²) in [4.78, 5) is 0.107. The van der Waals surface area contributed by atoms with E-state index in [1.165, 1.54) is 22.5 Å². The van der Waals surface area contributed by atoms with Gasteiger partial charge >= 0.3 is 0 Å². The van der Waals surface area contributed by atoms with Crippen molar-refractivity contribution in [3.8, 4) is 6.07 Å². The van der Waals surface area contributed by atoms with E-state index < -0.39 is 10.0 Å². The van der Waals surface area contributed by atoms with E-state index in [1.54, 1.807) is 0 Å². The predicted molar refractivity (Wildman–Crippen MR) is 75.0 cm³/mol. The highest BCUT2D eigenvalue weighted by atomic mass is 35.5. The van der Waals surface area contributed by atoms with Gasteiger partial charge in [-0.05, 0) is 31.5 Å². The molecule has 1 unspecified atom stereocenters. The third-order valence-electron chi connectivity index (χ3n) is 3.11. The zero-order valence-corrected chi connectivity index (χ0v) is 12.6. The minimum atomic E-state index is -3.61. The van der Waals surface area contributed by atoms with Crippen LogP contribution < -0.4 is 0 Å². The Kier molecular flexibility index (Phi) is 4.66. The third kappa shape index (κ3) is 3.13. The average molecular weight is 315 g/mol. The van der Waals surface area contributed by atoms with Crippen LogP contribution in [0.4, 0.5) is 0 Å². The van der Waals surface area contributed by atoms with Crippen molar-refractivity contribution < 1.29 is 13.2 Å². The molecule has 0 spiro atoms. The molecular formula is C13H15ClN2O3S. The highest BCUT2D eigenvalue weighted by Gasteiger charge is 2.28. The number of ether oxygens (including phenoxy) is 1. The van der Waals surface area contributed by atoms with Gasteiger partial charge in [-0.1, -0.05) is 11.6 Å². The van der Waals surface area contributed by atoms with Gasteiger partial charge in [-0.15, -0.1) is 0 Å². The molecule has 0 bridgehead atoms. The van der Waals surface area contributed by atoms with E-state index in [4.69, 9.17) is 21.6 Å². The molecule has 0 radical (unpaired) electrons. The largest absolute Gasteiger partial charge is 0.377 e. The van der Waals surface area contributed by atoms with Gasteiger partial charge in [0.2, 0.25) is 10.0 Å². The van der Waals surface area contributed by atoms with Crippen LogP contribution >= 0.6 is 11.6 Å². The van der Waals surface area contributed by atoms with Gasteiger partial charge in [-0.2, -0.15) is 9.57 Å². The summed E-state index contributed by atoms with van der Waals surface area (Å²) < 4.78 is 32.0. The molecule has 1 heterocycles. The molecule has 20 heavy (non-hydrogen) atoms. The second-order valence-electron chi connectivity index (χ2n) is 4.65. The Labute approximate surface area is 123 Å². The van der Waals surface area contributed by atoms with Crippen LogP contribution in [0.5, 0.6) is 0 Å². The lowest BCUT2D eigenvalue weighted by Crippen LogP contribution is -2.35. The summed E-state index contributed by atoms with van der Waals surface area (Å²) in [5.74, 6) is 0. The fraction of sp³-hybridized carbons (Fsp3) is 0.462. The zero-order valence-electron chi connectivity index (χ0n) is 11.0. The van der Waals surface area contributed by atoms with E-state index in [1.807, 2.05) is 13.0 Å². The van der Waals surface area contributed by atoms with Crippen LogP contribution in [0, 0.1) is 11.3 Å². The second kappa shape index (κ2) is 6.10. The van der Waals surface area contributed by atoms with Gasteiger partial charge in [0.05, 0.1) is 21.6 Å². The Morgan fingerprint density at radius 1 is 1.50 bits per heavy atom. The lowest BCUT2D eigenvalue weighted by Gasteiger charge is -2.21. The number of hydrogen-bond donors (Lipinski definition) is 0. The van der Waals surface area contributed by atoms with E-state index in [-0.39, 0.29) is 21.6 Å². The van der Waals surface area contributed by atoms with Crippen molar-refractivity contribution in [1.82, 2.24) is 4.31 Å². The smallest absolute Gasteiger partial charge is 0.243 e. The quantitative estimate of drug-likeness (QED) is 0.837. The molecule has 1 atom stereocenters. The minimum Gasteiger partial charge on any atom is -0.377 e. The van der Waals surface area contributed by atoms with Crippen LogP contribution in [0.25, 0.3) is 0 Å². The molecule has 5 nitrogen and oxygen atoms in total. The van der Waals surface area contributed by atoms with Crippen LogP contribution in [-0.4, -0.2) is 38.5 Å². The van der Waals surface area contributed by atoms with Gasteiger partial charge in [0, 0.05) is 19.7 Å². The minimum absolute atomic E-state index is 0.107. The normalized spacial score (nSPS) is 21.1. The number of nitrogens with zero attached hydrogens (tertiary/aromatic N) is 2. The Morgan fingerprint density at radius 2 is 2.25 bits per heavy atom. The van der Waals surface area contributed by atoms with Crippen molar-refractivity contribution in [3.63, 3.8) is 0 Å². The molecule has 1 aliphatic heterocycles. The predicted octanol–water partition coefficient (Wildman–Crippen LogP) is 2.01. The molecule has 0 aromatic heterocycles. The molecule has 7 heteroatoms. The molecule has 0 aliphatic carbocycles. The highest BCUT2D eigenvalue weighted by molar-refractivity contribution is 7.89. The summed E-state index contributed by atoms with van der Waals surface area (Å²) in [6.45, 7) is 3.14. The Hall–Kier alpha value is -1.13. The van der Waals surface area contributed by atoms with Crippen LogP contribution in [0.3, 0.4) is 0 Å². The topological polar surface area (TPSA) is 70.4 Å². The first kappa shape index (κ1) is 15.3. The van der Waals surface area contributed by atoms with Gasteiger partial charge in [-0.3, -0.25) is 0 Å². The molecule has 0 N–H and O–H groups in total. The lowest BCUT2D eigenvalue weighted by molar-refractivity contribution is 0.0752. The number of halogens is 1. The van der Waals surface area contributed by atoms with Gasteiger partial charge in [0.15, 0.2) is 0 Å². The number of nitriles is 1. The maximum atomic E-state index is 12.6. The molecule has 108 valence electrons. The zero-order chi connectivity index (χ0) is 14.8. The summed E-state index contributed by atoms with van der Waals surface area (Å²) in [7, 11) is -3.61. The van der Waals surface area contributed by atoms with Gasteiger partial charge in [-0.25, -0.2) is 8.42 Å². The first-order valence-electron chi connectivity index (χ1n) is 6.26. The first-order chi connectivity index (χ1) is 9.45. The summed E-state index contributed by atoms with van der Waals surface area (Å²) in [5.41, 5.74) is 0.262. The number of benzene rings is 1. The molecular weight excluding hydrogens is 300 g/mol. The summed E-state index contributed by atoms with van der Waals surface area (Å²) in [5, 5.41) is 8.97. The molecule has 1 saturated heterocycles. The Bertz CT molecular complexity index is 640. The molecule has 1 fully saturated rings. The summed E-state index contributed by atoms with van der Waals surface area (Å²) >= 11 is 5.91. The maximum absolute atomic E-state index is 12.6. The first-order valence-corrected chi connectivity index (χ1v) is 8.08. The monoisotopic (exact) mass is 314 g/mol. The maximum Gasteiger partial charge on any atom is 0.243 e. The second-order valence-corrected chi connectivity index (χ2v) is 7.00. The Morgan fingerprint density at radius 3 is 2.90 bits per heavy atom. The van der Waals surface area contributed by atoms with Gasteiger partial charge in [0.25, 0.3) is 0 Å². The van der Waals surface area contributed by atoms with Gasteiger partial charge < -0.3 is 4.74 Å². The van der Waals surface area contributed by atoms with Crippen molar-refractivity contribution in [1.29, 1.82) is 5.26 Å². The van der Waals surface area contributed by atoms with E-state index in [0.29, 0.717) is 26.1 Å². The Balaban J connectivity index is 2.34. The number of sulfonamides is 1. The SMILES string of the molecule is CC1CN(S(=O)(=O)c2ccc(C#N)c(Cl)c2)CCCO1. The van der Waals surface area contributed by atoms with Crippen LogP contribution in [-0.2, 0) is 14.8 Å². The van der Waals surface area contributed by atoms with Crippen molar-refractivity contribution >= 4 is 21.6 Å². The van der Waals surface area contributed by atoms with Crippen molar-refractivity contribution in [2.45, 2.75) is 24.3 Å². The fourth-order valence-corrected chi connectivity index (χ4v) is 3.94. The van der Waals surface area contributed by atoms with Gasteiger partial charge in [0.1, 0.15) is 6.07 Å². The van der Waals surface area contributed by atoms with E-state index in [0.717, 1.165) is 0 Å². The van der Waals surface area contributed by atoms with E-state index in [9.17, 15) is 8.42 Å². The van der Waals surface area contributed by atoms with E-state index in [2.05, 4.69) is 0 Å². The summed E-state index contributed by atoms with van der Waals surface area (Å²) in [6, 6.07) is 6.07. The molecule has 1 aromatic rings. The standard InChI is InChI=1S/C13H15ClN2O3S/c1-10-9-16(5-2-6-19-10)20(17,18)12-4-3-11(8-15)13(14)7-12/h3-4,7,10H,2,5-6,9H2,1H3. The average Bonchev–Trinajstić information content (AvgIpc) is 2.63. The van der Waals surface area contributed by atoms with Crippen molar-refractivity contribution in [2.24, 2.45) is 0 Å². The molecule has 0 amide bonds. The number of hydrogen-bond acceptors (Lipinski definition) is 4. The summed E-state index contributed by atoms with van der Waals surface area (Å²) in [6.07, 6.45) is 0.522. The van der Waals surface area contributed by atoms with Crippen LogP contribution in [0.2, 0.25) is 5.02 Å². The van der Waals surface area contributed by atoms with Crippen LogP contribution in [0.1, 0.15) is 18.9 Å². The third-order valence-corrected chi connectivity index (χ3v) is 5.29.